The molecule has 84 valence electrons. The van der Waals surface area contributed by atoms with Crippen LogP contribution in [0.1, 0.15) is 18.2 Å². The molecule has 0 saturated heterocycles. The summed E-state index contributed by atoms with van der Waals surface area (Å²) in [5, 5.41) is 17.2. The molecule has 0 fully saturated rings. The summed E-state index contributed by atoms with van der Waals surface area (Å²) in [4.78, 5) is 11.1. The van der Waals surface area contributed by atoms with Crippen LogP contribution in [0.4, 0.5) is 0 Å². The lowest BCUT2D eigenvalue weighted by atomic mass is 10.1. The van der Waals surface area contributed by atoms with Gasteiger partial charge < -0.3 is 4.74 Å². The van der Waals surface area contributed by atoms with E-state index in [-0.39, 0.29) is 11.4 Å². The molecule has 0 unspecified atom stereocenters. The highest BCUT2D eigenvalue weighted by molar-refractivity contribution is 5.91. The Balaban J connectivity index is 2.83. The summed E-state index contributed by atoms with van der Waals surface area (Å²) >= 11 is 0. The predicted octanol–water partition coefficient (Wildman–Crippen LogP) is 1.74. The smallest absolute Gasteiger partial charge is 0.308 e. The second-order valence-electron chi connectivity index (χ2n) is 3.55. The lowest BCUT2D eigenvalue weighted by molar-refractivity contribution is -0.131. The fraction of sp³-hybridized carbons (Fsp3) is 0.167. The molecule has 0 aliphatic carbocycles. The number of aryl methyl sites for hydroxylation is 1. The summed E-state index contributed by atoms with van der Waals surface area (Å²) in [5.41, 5.74) is 1.49. The van der Waals surface area contributed by atoms with Gasteiger partial charge in [0.1, 0.15) is 6.07 Å². The molecule has 5 heteroatoms. The molecule has 2 rings (SSSR count). The molecule has 5 nitrogen and oxygen atoms in total. The first-order valence-electron chi connectivity index (χ1n) is 4.98. The molecule has 0 bridgehead atoms. The van der Waals surface area contributed by atoms with Crippen LogP contribution in [0.15, 0.2) is 18.2 Å². The molecule has 0 N–H and O–H groups in total. The monoisotopic (exact) mass is 227 g/mol. The molecule has 0 spiro atoms. The van der Waals surface area contributed by atoms with E-state index >= 15 is 0 Å². The third-order valence-electron chi connectivity index (χ3n) is 2.30. The minimum absolute atomic E-state index is 0.0157. The Hall–Kier alpha value is -2.48. The van der Waals surface area contributed by atoms with Gasteiger partial charge in [0.25, 0.3) is 0 Å². The summed E-state index contributed by atoms with van der Waals surface area (Å²) in [7, 11) is 0. The first-order valence-corrected chi connectivity index (χ1v) is 4.98. The molecule has 0 aliphatic rings. The highest BCUT2D eigenvalue weighted by Gasteiger charge is 2.15. The van der Waals surface area contributed by atoms with E-state index in [4.69, 9.17) is 10.00 Å². The van der Waals surface area contributed by atoms with E-state index in [0.717, 1.165) is 5.56 Å². The Labute approximate surface area is 97.6 Å². The number of benzene rings is 1. The highest BCUT2D eigenvalue weighted by Crippen LogP contribution is 2.29. The van der Waals surface area contributed by atoms with Gasteiger partial charge in [-0.15, -0.1) is 10.2 Å². The number of nitriles is 1. The first-order chi connectivity index (χ1) is 8.13. The molecule has 0 amide bonds. The number of fused-ring (bicyclic) bond motifs is 1. The van der Waals surface area contributed by atoms with E-state index < -0.39 is 5.97 Å². The maximum Gasteiger partial charge on any atom is 0.308 e. The fourth-order valence-corrected chi connectivity index (χ4v) is 1.61. The third-order valence-corrected chi connectivity index (χ3v) is 2.30. The molecule has 0 radical (unpaired) electrons. The molecular formula is C12H9N3O2. The highest BCUT2D eigenvalue weighted by atomic mass is 16.5. The number of nitrogens with zero attached hydrogens (tertiary/aromatic N) is 3. The normalized spacial score (nSPS) is 9.94. The number of carbonyl (C=O) groups is 1. The maximum absolute atomic E-state index is 11.1. The zero-order valence-corrected chi connectivity index (χ0v) is 9.39. The first kappa shape index (κ1) is 11.0. The topological polar surface area (TPSA) is 75.9 Å². The van der Waals surface area contributed by atoms with E-state index in [1.807, 2.05) is 25.1 Å². The van der Waals surface area contributed by atoms with E-state index in [2.05, 4.69) is 10.2 Å². The number of rotatable bonds is 1. The molecule has 1 aromatic carbocycles. The van der Waals surface area contributed by atoms with E-state index in [1.54, 1.807) is 6.07 Å². The molecule has 0 aliphatic heterocycles. The van der Waals surface area contributed by atoms with Crippen molar-refractivity contribution < 1.29 is 9.53 Å². The molecule has 0 atom stereocenters. The molecule has 1 heterocycles. The fourth-order valence-electron chi connectivity index (χ4n) is 1.61. The second-order valence-corrected chi connectivity index (χ2v) is 3.55. The van der Waals surface area contributed by atoms with Gasteiger partial charge in [-0.1, -0.05) is 12.1 Å². The summed E-state index contributed by atoms with van der Waals surface area (Å²) in [6.45, 7) is 3.14. The van der Waals surface area contributed by atoms with Gasteiger partial charge in [0.05, 0.1) is 10.9 Å². The van der Waals surface area contributed by atoms with Crippen LogP contribution in [0, 0.1) is 18.3 Å². The van der Waals surface area contributed by atoms with Crippen molar-refractivity contribution in [3.05, 3.63) is 29.5 Å². The Morgan fingerprint density at radius 2 is 2.18 bits per heavy atom. The SMILES string of the molecule is CC(=O)Oc1c(C#N)nnc2cccc(C)c12. The lowest BCUT2D eigenvalue weighted by Gasteiger charge is -2.08. The Morgan fingerprint density at radius 3 is 2.82 bits per heavy atom. The zero-order valence-electron chi connectivity index (χ0n) is 9.39. The molecule has 2 aromatic rings. The van der Waals surface area contributed by atoms with Gasteiger partial charge >= 0.3 is 5.97 Å². The van der Waals surface area contributed by atoms with Crippen LogP contribution in [0.3, 0.4) is 0 Å². The van der Waals surface area contributed by atoms with Crippen LogP contribution in [0.2, 0.25) is 0 Å². The summed E-state index contributed by atoms with van der Waals surface area (Å²) in [5.74, 6) is -0.304. The maximum atomic E-state index is 11.1. The van der Waals surface area contributed by atoms with Gasteiger partial charge in [-0.05, 0) is 18.6 Å². The average Bonchev–Trinajstić information content (AvgIpc) is 2.28. The Morgan fingerprint density at radius 1 is 1.41 bits per heavy atom. The number of ether oxygens (including phenoxy) is 1. The largest absolute Gasteiger partial charge is 0.423 e. The van der Waals surface area contributed by atoms with Crippen molar-refractivity contribution in [2.24, 2.45) is 0 Å². The minimum Gasteiger partial charge on any atom is -0.423 e. The molecule has 0 saturated carbocycles. The van der Waals surface area contributed by atoms with Crippen LogP contribution >= 0.6 is 0 Å². The number of esters is 1. The van der Waals surface area contributed by atoms with Crippen molar-refractivity contribution in [3.63, 3.8) is 0 Å². The summed E-state index contributed by atoms with van der Waals surface area (Å²) in [6.07, 6.45) is 0. The van der Waals surface area contributed by atoms with Crippen LogP contribution in [-0.2, 0) is 4.79 Å². The predicted molar refractivity (Wildman–Crippen MR) is 60.3 cm³/mol. The summed E-state index contributed by atoms with van der Waals surface area (Å²) < 4.78 is 5.07. The van der Waals surface area contributed by atoms with Gasteiger partial charge in [0.2, 0.25) is 5.69 Å². The molecular weight excluding hydrogens is 218 g/mol. The van der Waals surface area contributed by atoms with Gasteiger partial charge in [0.15, 0.2) is 5.75 Å². The van der Waals surface area contributed by atoms with Gasteiger partial charge in [0, 0.05) is 6.92 Å². The molecule has 1 aromatic heterocycles. The van der Waals surface area contributed by atoms with Crippen molar-refractivity contribution in [1.82, 2.24) is 10.2 Å². The average molecular weight is 227 g/mol. The molecule has 17 heavy (non-hydrogen) atoms. The minimum atomic E-state index is -0.487. The second kappa shape index (κ2) is 4.18. The van der Waals surface area contributed by atoms with Crippen molar-refractivity contribution in [2.75, 3.05) is 0 Å². The lowest BCUT2D eigenvalue weighted by Crippen LogP contribution is -2.06. The summed E-state index contributed by atoms with van der Waals surface area (Å²) in [6, 6.07) is 7.31. The van der Waals surface area contributed by atoms with Gasteiger partial charge in [-0.25, -0.2) is 0 Å². The van der Waals surface area contributed by atoms with Crippen molar-refractivity contribution >= 4 is 16.9 Å². The van der Waals surface area contributed by atoms with Crippen LogP contribution in [0.25, 0.3) is 10.9 Å². The van der Waals surface area contributed by atoms with E-state index in [9.17, 15) is 4.79 Å². The van der Waals surface area contributed by atoms with Crippen LogP contribution in [0.5, 0.6) is 5.75 Å². The van der Waals surface area contributed by atoms with E-state index in [0.29, 0.717) is 10.9 Å². The Kier molecular flexibility index (Phi) is 2.71. The number of hydrogen-bond acceptors (Lipinski definition) is 5. The standard InChI is InChI=1S/C12H9N3O2/c1-7-4-3-5-9-11(7)12(17-8(2)16)10(6-13)15-14-9/h3-5H,1-2H3. The van der Waals surface area contributed by atoms with Crippen molar-refractivity contribution in [3.8, 4) is 11.8 Å². The zero-order chi connectivity index (χ0) is 12.4. The van der Waals surface area contributed by atoms with E-state index in [1.165, 1.54) is 6.92 Å². The van der Waals surface area contributed by atoms with Gasteiger partial charge in [-0.2, -0.15) is 5.26 Å². The number of hydrogen-bond donors (Lipinski definition) is 0. The number of aromatic nitrogens is 2. The quantitative estimate of drug-likeness (QED) is 0.693. The van der Waals surface area contributed by atoms with Crippen molar-refractivity contribution in [2.45, 2.75) is 13.8 Å². The number of carbonyl (C=O) groups excluding carboxylic acids is 1. The third kappa shape index (κ3) is 1.93. The Bertz CT molecular complexity index is 644. The van der Waals surface area contributed by atoms with Crippen LogP contribution in [-0.4, -0.2) is 16.2 Å². The van der Waals surface area contributed by atoms with Gasteiger partial charge in [-0.3, -0.25) is 4.79 Å². The van der Waals surface area contributed by atoms with Crippen molar-refractivity contribution in [1.29, 1.82) is 5.26 Å². The van der Waals surface area contributed by atoms with Crippen LogP contribution < -0.4 is 4.74 Å².